The van der Waals surface area contributed by atoms with Gasteiger partial charge in [-0.05, 0) is 19.3 Å². The highest BCUT2D eigenvalue weighted by Gasteiger charge is 2.27. The summed E-state index contributed by atoms with van der Waals surface area (Å²) < 4.78 is 9.80. The summed E-state index contributed by atoms with van der Waals surface area (Å²) in [7, 11) is 1.59. The number of carboxylic acid groups (broad SMARTS) is 1. The first-order valence-electron chi connectivity index (χ1n) is 4.16. The Labute approximate surface area is 71.5 Å². The van der Waals surface area contributed by atoms with Gasteiger partial charge in [-0.2, -0.15) is 0 Å². The highest BCUT2D eigenvalue weighted by molar-refractivity contribution is 5.57. The quantitative estimate of drug-likeness (QED) is 0.646. The normalized spacial score (nSPS) is 29.8. The van der Waals surface area contributed by atoms with Gasteiger partial charge in [-0.3, -0.25) is 0 Å². The first-order chi connectivity index (χ1) is 5.74. The standard InChI is InChI=1S/C8H14O4/c1-11-6-4-2-3-5-7(6)12-8(9)10/h6-7H,2-5H2,1H3,(H,9,10)/t6-,7-/m0/s1. The lowest BCUT2D eigenvalue weighted by atomic mass is 9.95. The minimum atomic E-state index is -1.20. The molecule has 4 heteroatoms. The molecular formula is C8H14O4. The van der Waals surface area contributed by atoms with Crippen molar-refractivity contribution in [2.45, 2.75) is 37.9 Å². The molecule has 0 spiro atoms. The van der Waals surface area contributed by atoms with Crippen molar-refractivity contribution in [2.75, 3.05) is 7.11 Å². The third-order valence-corrected chi connectivity index (χ3v) is 2.20. The molecule has 0 saturated heterocycles. The molecule has 0 amide bonds. The van der Waals surface area contributed by atoms with Crippen LogP contribution in [0.15, 0.2) is 0 Å². The second kappa shape index (κ2) is 4.30. The van der Waals surface area contributed by atoms with Crippen LogP contribution in [0.1, 0.15) is 25.7 Å². The summed E-state index contributed by atoms with van der Waals surface area (Å²) in [4.78, 5) is 10.3. The molecule has 0 aromatic rings. The molecule has 0 bridgehead atoms. The summed E-state index contributed by atoms with van der Waals surface area (Å²) >= 11 is 0. The van der Waals surface area contributed by atoms with Crippen LogP contribution in [-0.2, 0) is 9.47 Å². The van der Waals surface area contributed by atoms with E-state index in [9.17, 15) is 4.79 Å². The van der Waals surface area contributed by atoms with E-state index in [-0.39, 0.29) is 12.2 Å². The summed E-state index contributed by atoms with van der Waals surface area (Å²) in [6.45, 7) is 0. The van der Waals surface area contributed by atoms with Crippen LogP contribution in [-0.4, -0.2) is 30.6 Å². The largest absolute Gasteiger partial charge is 0.506 e. The lowest BCUT2D eigenvalue weighted by Gasteiger charge is -2.28. The SMILES string of the molecule is CO[C@H]1CCCC[C@@H]1OC(=O)O. The molecule has 0 aliphatic heterocycles. The molecule has 70 valence electrons. The summed E-state index contributed by atoms with van der Waals surface area (Å²) in [5.41, 5.74) is 0. The molecular weight excluding hydrogens is 160 g/mol. The molecule has 0 radical (unpaired) electrons. The monoisotopic (exact) mass is 174 g/mol. The topological polar surface area (TPSA) is 55.8 Å². The summed E-state index contributed by atoms with van der Waals surface area (Å²) in [6, 6.07) is 0. The number of rotatable bonds is 2. The van der Waals surface area contributed by atoms with Gasteiger partial charge in [0.05, 0.1) is 6.10 Å². The predicted octanol–water partition coefficient (Wildman–Crippen LogP) is 1.64. The van der Waals surface area contributed by atoms with Crippen LogP contribution >= 0.6 is 0 Å². The van der Waals surface area contributed by atoms with Gasteiger partial charge in [0.15, 0.2) is 0 Å². The van der Waals surface area contributed by atoms with Crippen LogP contribution < -0.4 is 0 Å². The number of hydrogen-bond donors (Lipinski definition) is 1. The van der Waals surface area contributed by atoms with Gasteiger partial charge >= 0.3 is 6.16 Å². The fraction of sp³-hybridized carbons (Fsp3) is 0.875. The molecule has 1 saturated carbocycles. The zero-order valence-electron chi connectivity index (χ0n) is 7.16. The smallest absolute Gasteiger partial charge is 0.450 e. The van der Waals surface area contributed by atoms with Gasteiger partial charge in [0.25, 0.3) is 0 Å². The van der Waals surface area contributed by atoms with Crippen molar-refractivity contribution in [2.24, 2.45) is 0 Å². The molecule has 0 aromatic heterocycles. The third-order valence-electron chi connectivity index (χ3n) is 2.20. The van der Waals surface area contributed by atoms with Crippen LogP contribution in [0.4, 0.5) is 4.79 Å². The summed E-state index contributed by atoms with van der Waals surface area (Å²) in [5, 5.41) is 8.40. The lowest BCUT2D eigenvalue weighted by Crippen LogP contribution is -2.35. The van der Waals surface area contributed by atoms with Crippen molar-refractivity contribution < 1.29 is 19.4 Å². The molecule has 2 atom stereocenters. The van der Waals surface area contributed by atoms with Crippen molar-refractivity contribution in [3.05, 3.63) is 0 Å². The van der Waals surface area contributed by atoms with E-state index in [1.807, 2.05) is 0 Å². The average Bonchev–Trinajstić information content (AvgIpc) is 2.04. The average molecular weight is 174 g/mol. The molecule has 0 heterocycles. The Hall–Kier alpha value is -0.770. The highest BCUT2D eigenvalue weighted by atomic mass is 16.7. The van der Waals surface area contributed by atoms with Crippen molar-refractivity contribution >= 4 is 6.16 Å². The molecule has 1 rings (SSSR count). The van der Waals surface area contributed by atoms with E-state index in [0.29, 0.717) is 0 Å². The number of methoxy groups -OCH3 is 1. The highest BCUT2D eigenvalue weighted by Crippen LogP contribution is 2.23. The number of hydrogen-bond acceptors (Lipinski definition) is 3. The zero-order valence-corrected chi connectivity index (χ0v) is 7.16. The van der Waals surface area contributed by atoms with Gasteiger partial charge < -0.3 is 14.6 Å². The molecule has 4 nitrogen and oxygen atoms in total. The van der Waals surface area contributed by atoms with E-state index in [1.165, 1.54) is 0 Å². The van der Waals surface area contributed by atoms with E-state index < -0.39 is 6.16 Å². The molecule has 1 N–H and O–H groups in total. The maximum absolute atomic E-state index is 10.3. The Kier molecular flexibility index (Phi) is 3.34. The minimum Gasteiger partial charge on any atom is -0.450 e. The van der Waals surface area contributed by atoms with Gasteiger partial charge in [0.1, 0.15) is 6.10 Å². The Bertz CT molecular complexity index is 157. The third kappa shape index (κ3) is 2.37. The second-order valence-electron chi connectivity index (χ2n) is 2.98. The van der Waals surface area contributed by atoms with Crippen LogP contribution in [0.25, 0.3) is 0 Å². The molecule has 1 aliphatic rings. The molecule has 1 fully saturated rings. The summed E-state index contributed by atoms with van der Waals surface area (Å²) in [5.74, 6) is 0. The number of carbonyl (C=O) groups is 1. The fourth-order valence-corrected chi connectivity index (χ4v) is 1.60. The lowest BCUT2D eigenvalue weighted by molar-refractivity contribution is -0.0574. The second-order valence-corrected chi connectivity index (χ2v) is 2.98. The first kappa shape index (κ1) is 9.32. The van der Waals surface area contributed by atoms with Crippen molar-refractivity contribution in [1.29, 1.82) is 0 Å². The van der Waals surface area contributed by atoms with E-state index >= 15 is 0 Å². The number of ether oxygens (including phenoxy) is 2. The van der Waals surface area contributed by atoms with Gasteiger partial charge in [-0.15, -0.1) is 0 Å². The van der Waals surface area contributed by atoms with Crippen molar-refractivity contribution in [3.63, 3.8) is 0 Å². The van der Waals surface area contributed by atoms with Crippen molar-refractivity contribution in [1.82, 2.24) is 0 Å². The van der Waals surface area contributed by atoms with Crippen LogP contribution in [0, 0.1) is 0 Å². The van der Waals surface area contributed by atoms with Crippen LogP contribution in [0.5, 0.6) is 0 Å². The molecule has 0 unspecified atom stereocenters. The van der Waals surface area contributed by atoms with Gasteiger partial charge in [-0.25, -0.2) is 4.79 Å². The van der Waals surface area contributed by atoms with E-state index in [1.54, 1.807) is 7.11 Å². The minimum absolute atomic E-state index is 0.0464. The van der Waals surface area contributed by atoms with Gasteiger partial charge in [0.2, 0.25) is 0 Å². The predicted molar refractivity (Wildman–Crippen MR) is 42.2 cm³/mol. The first-order valence-corrected chi connectivity index (χ1v) is 4.16. The molecule has 12 heavy (non-hydrogen) atoms. The Morgan fingerprint density at radius 2 is 1.92 bits per heavy atom. The Morgan fingerprint density at radius 1 is 1.33 bits per heavy atom. The van der Waals surface area contributed by atoms with Crippen LogP contribution in [0.3, 0.4) is 0 Å². The summed E-state index contributed by atoms with van der Waals surface area (Å²) in [6.07, 6.45) is 2.29. The van der Waals surface area contributed by atoms with Gasteiger partial charge in [-0.1, -0.05) is 6.42 Å². The van der Waals surface area contributed by atoms with Crippen LogP contribution in [0.2, 0.25) is 0 Å². The van der Waals surface area contributed by atoms with Gasteiger partial charge in [0, 0.05) is 7.11 Å². The zero-order chi connectivity index (χ0) is 8.97. The van der Waals surface area contributed by atoms with Crippen molar-refractivity contribution in [3.8, 4) is 0 Å². The fourth-order valence-electron chi connectivity index (χ4n) is 1.60. The Balaban J connectivity index is 2.41. The van der Waals surface area contributed by atoms with E-state index in [2.05, 4.69) is 4.74 Å². The van der Waals surface area contributed by atoms with E-state index in [0.717, 1.165) is 25.7 Å². The maximum Gasteiger partial charge on any atom is 0.506 e. The Morgan fingerprint density at radius 3 is 2.42 bits per heavy atom. The van der Waals surface area contributed by atoms with E-state index in [4.69, 9.17) is 9.84 Å². The molecule has 1 aliphatic carbocycles. The molecule has 0 aromatic carbocycles. The maximum atomic E-state index is 10.3.